The van der Waals surface area contributed by atoms with Crippen molar-refractivity contribution in [2.45, 2.75) is 20.0 Å². The van der Waals surface area contributed by atoms with Crippen LogP contribution in [0, 0.1) is 5.82 Å². The van der Waals surface area contributed by atoms with Gasteiger partial charge in [0.25, 0.3) is 5.91 Å². The Hall–Kier alpha value is -2.21. The summed E-state index contributed by atoms with van der Waals surface area (Å²) in [6.07, 6.45) is -0.925. The molecule has 6 heteroatoms. The summed E-state index contributed by atoms with van der Waals surface area (Å²) in [6.45, 7) is 2.93. The zero-order valence-corrected chi connectivity index (χ0v) is 14.2. The maximum atomic E-state index is 13.7. The summed E-state index contributed by atoms with van der Waals surface area (Å²) in [4.78, 5) is 23.7. The van der Waals surface area contributed by atoms with Gasteiger partial charge in [0.2, 0.25) is 0 Å². The molecule has 4 nitrogen and oxygen atoms in total. The molecule has 0 heterocycles. The number of carbonyl (C=O) groups excluding carboxylic acids is 2. The van der Waals surface area contributed by atoms with E-state index in [0.29, 0.717) is 15.7 Å². The molecule has 0 unspecified atom stereocenters. The third-order valence-corrected chi connectivity index (χ3v) is 3.62. The van der Waals surface area contributed by atoms with Crippen molar-refractivity contribution >= 4 is 33.3 Å². The second-order valence-electron chi connectivity index (χ2n) is 4.93. The zero-order valence-electron chi connectivity index (χ0n) is 12.6. The number of carbonyl (C=O) groups is 2. The summed E-state index contributed by atoms with van der Waals surface area (Å²) in [5.74, 6) is -1.21. The molecule has 0 spiro atoms. The van der Waals surface area contributed by atoms with Crippen LogP contribution in [0.2, 0.25) is 0 Å². The van der Waals surface area contributed by atoms with Crippen LogP contribution in [0.15, 0.2) is 46.9 Å². The Balaban J connectivity index is 2.10. The summed E-state index contributed by atoms with van der Waals surface area (Å²) in [5, 5.41) is 2.63. The van der Waals surface area contributed by atoms with E-state index in [2.05, 4.69) is 21.2 Å². The first-order valence-electron chi connectivity index (χ1n) is 6.91. The van der Waals surface area contributed by atoms with Crippen LogP contribution in [0.5, 0.6) is 5.75 Å². The quantitative estimate of drug-likeness (QED) is 0.792. The molecule has 120 valence electrons. The molecule has 2 aromatic rings. The highest BCUT2D eigenvalue weighted by Gasteiger charge is 2.18. The molecule has 2 rings (SSSR count). The topological polar surface area (TPSA) is 55.4 Å². The maximum absolute atomic E-state index is 13.7. The number of Topliss-reactive ketones (excluding diaryl/α,β-unsaturated/α-hetero) is 1. The highest BCUT2D eigenvalue weighted by Crippen LogP contribution is 2.23. The van der Waals surface area contributed by atoms with Gasteiger partial charge >= 0.3 is 0 Å². The van der Waals surface area contributed by atoms with E-state index in [1.54, 1.807) is 30.3 Å². The number of hydrogen-bond donors (Lipinski definition) is 1. The predicted octanol–water partition coefficient (Wildman–Crippen LogP) is 4.20. The van der Waals surface area contributed by atoms with Crippen molar-refractivity contribution < 1.29 is 18.7 Å². The van der Waals surface area contributed by atoms with E-state index in [-0.39, 0.29) is 11.5 Å². The van der Waals surface area contributed by atoms with Crippen molar-refractivity contribution in [2.24, 2.45) is 0 Å². The number of rotatable bonds is 5. The summed E-state index contributed by atoms with van der Waals surface area (Å²) >= 11 is 3.15. The third kappa shape index (κ3) is 4.39. The lowest BCUT2D eigenvalue weighted by molar-refractivity contribution is -0.122. The molecule has 0 aromatic heterocycles. The van der Waals surface area contributed by atoms with E-state index in [1.165, 1.54) is 26.0 Å². The van der Waals surface area contributed by atoms with Gasteiger partial charge in [-0.2, -0.15) is 0 Å². The van der Waals surface area contributed by atoms with E-state index < -0.39 is 17.8 Å². The Morgan fingerprint density at radius 3 is 2.57 bits per heavy atom. The summed E-state index contributed by atoms with van der Waals surface area (Å²) in [6, 6.07) is 11.0. The first kappa shape index (κ1) is 17.1. The molecule has 0 saturated heterocycles. The van der Waals surface area contributed by atoms with Gasteiger partial charge in [0.05, 0.1) is 5.69 Å². The largest absolute Gasteiger partial charge is 0.478 e. The second kappa shape index (κ2) is 7.37. The SMILES string of the molecule is CC(=O)c1ccccc1NC(=O)[C@@H](C)Oc1ccc(Br)cc1F. The van der Waals surface area contributed by atoms with Crippen LogP contribution in [0.3, 0.4) is 0 Å². The van der Waals surface area contributed by atoms with E-state index in [1.807, 2.05) is 0 Å². The number of nitrogens with one attached hydrogen (secondary N) is 1. The molecule has 0 radical (unpaired) electrons. The lowest BCUT2D eigenvalue weighted by Gasteiger charge is -2.16. The van der Waals surface area contributed by atoms with Crippen LogP contribution in [-0.2, 0) is 4.79 Å². The number of para-hydroxylation sites is 1. The van der Waals surface area contributed by atoms with E-state index in [9.17, 15) is 14.0 Å². The number of hydrogen-bond acceptors (Lipinski definition) is 3. The first-order valence-corrected chi connectivity index (χ1v) is 7.70. The summed E-state index contributed by atoms with van der Waals surface area (Å²) in [7, 11) is 0. The molecule has 1 atom stereocenters. The van der Waals surface area contributed by atoms with Gasteiger partial charge < -0.3 is 10.1 Å². The first-order chi connectivity index (χ1) is 10.9. The van der Waals surface area contributed by atoms with Crippen LogP contribution < -0.4 is 10.1 Å². The molecular formula is C17H15BrFNO3. The van der Waals surface area contributed by atoms with Gasteiger partial charge in [-0.25, -0.2) is 4.39 Å². The van der Waals surface area contributed by atoms with Gasteiger partial charge in [-0.1, -0.05) is 28.1 Å². The van der Waals surface area contributed by atoms with Gasteiger partial charge in [0.15, 0.2) is 23.5 Å². The van der Waals surface area contributed by atoms with E-state index in [4.69, 9.17) is 4.74 Å². The van der Waals surface area contributed by atoms with Crippen molar-refractivity contribution in [1.82, 2.24) is 0 Å². The molecule has 0 bridgehead atoms. The summed E-state index contributed by atoms with van der Waals surface area (Å²) in [5.41, 5.74) is 0.805. The van der Waals surface area contributed by atoms with Crippen molar-refractivity contribution in [3.63, 3.8) is 0 Å². The minimum absolute atomic E-state index is 0.0179. The molecular weight excluding hydrogens is 365 g/mol. The van der Waals surface area contributed by atoms with Gasteiger partial charge in [-0.05, 0) is 44.2 Å². The highest BCUT2D eigenvalue weighted by atomic mass is 79.9. The maximum Gasteiger partial charge on any atom is 0.265 e. The Kier molecular flexibility index (Phi) is 5.50. The van der Waals surface area contributed by atoms with Crippen LogP contribution >= 0.6 is 15.9 Å². The Morgan fingerprint density at radius 1 is 1.22 bits per heavy atom. The lowest BCUT2D eigenvalue weighted by atomic mass is 10.1. The van der Waals surface area contributed by atoms with Crippen molar-refractivity contribution in [1.29, 1.82) is 0 Å². The van der Waals surface area contributed by atoms with Gasteiger partial charge in [-0.15, -0.1) is 0 Å². The van der Waals surface area contributed by atoms with E-state index in [0.717, 1.165) is 0 Å². The lowest BCUT2D eigenvalue weighted by Crippen LogP contribution is -2.30. The van der Waals surface area contributed by atoms with Crippen LogP contribution in [0.4, 0.5) is 10.1 Å². The number of anilines is 1. The molecule has 0 aliphatic carbocycles. The smallest absolute Gasteiger partial charge is 0.265 e. The highest BCUT2D eigenvalue weighted by molar-refractivity contribution is 9.10. The predicted molar refractivity (Wildman–Crippen MR) is 89.3 cm³/mol. The molecule has 2 aromatic carbocycles. The molecule has 0 aliphatic rings. The molecule has 1 amide bonds. The molecule has 1 N–H and O–H groups in total. The third-order valence-electron chi connectivity index (χ3n) is 3.13. The summed E-state index contributed by atoms with van der Waals surface area (Å²) < 4.78 is 19.7. The Labute approximate surface area is 141 Å². The normalized spacial score (nSPS) is 11.7. The number of halogens is 2. The standard InChI is InChI=1S/C17H15BrFNO3/c1-10(21)13-5-3-4-6-15(13)20-17(22)11(2)23-16-8-7-12(18)9-14(16)19/h3-9,11H,1-2H3,(H,20,22)/t11-/m1/s1. The fraction of sp³-hybridized carbons (Fsp3) is 0.176. The van der Waals surface area contributed by atoms with Crippen molar-refractivity contribution in [3.8, 4) is 5.75 Å². The zero-order chi connectivity index (χ0) is 17.0. The number of benzene rings is 2. The van der Waals surface area contributed by atoms with Crippen LogP contribution in [0.25, 0.3) is 0 Å². The van der Waals surface area contributed by atoms with Crippen LogP contribution in [0.1, 0.15) is 24.2 Å². The Morgan fingerprint density at radius 2 is 1.91 bits per heavy atom. The molecule has 23 heavy (non-hydrogen) atoms. The van der Waals surface area contributed by atoms with Gasteiger partial charge in [-0.3, -0.25) is 9.59 Å². The molecule has 0 fully saturated rings. The van der Waals surface area contributed by atoms with Crippen LogP contribution in [-0.4, -0.2) is 17.8 Å². The van der Waals surface area contributed by atoms with E-state index >= 15 is 0 Å². The molecule has 0 aliphatic heterocycles. The van der Waals surface area contributed by atoms with Crippen molar-refractivity contribution in [3.05, 3.63) is 58.3 Å². The molecule has 0 saturated carbocycles. The minimum Gasteiger partial charge on any atom is -0.478 e. The number of amides is 1. The fourth-order valence-corrected chi connectivity index (χ4v) is 2.28. The number of ketones is 1. The van der Waals surface area contributed by atoms with Gasteiger partial charge in [0, 0.05) is 10.0 Å². The number of ether oxygens (including phenoxy) is 1. The van der Waals surface area contributed by atoms with Gasteiger partial charge in [0.1, 0.15) is 0 Å². The van der Waals surface area contributed by atoms with Crippen molar-refractivity contribution in [2.75, 3.05) is 5.32 Å². The Bertz CT molecular complexity index is 748. The monoisotopic (exact) mass is 379 g/mol. The average molecular weight is 380 g/mol. The second-order valence-corrected chi connectivity index (χ2v) is 5.84. The fourth-order valence-electron chi connectivity index (χ4n) is 1.95. The minimum atomic E-state index is -0.925. The average Bonchev–Trinajstić information content (AvgIpc) is 2.50.